The van der Waals surface area contributed by atoms with E-state index in [0.717, 1.165) is 17.5 Å². The molecule has 78 valence electrons. The largest absolute Gasteiger partial charge is 0.324 e. The van der Waals surface area contributed by atoms with Crippen LogP contribution in [-0.4, -0.2) is 11.8 Å². The van der Waals surface area contributed by atoms with Crippen LogP contribution in [0.5, 0.6) is 0 Å². The van der Waals surface area contributed by atoms with Gasteiger partial charge in [-0.1, -0.05) is 36.4 Å². The Hall–Kier alpha value is -1.41. The summed E-state index contributed by atoms with van der Waals surface area (Å²) in [6, 6.07) is 7.74. The number of aryl methyl sites for hydroxylation is 1. The molecule has 1 aromatic rings. The molecule has 2 unspecified atom stereocenters. The van der Waals surface area contributed by atoms with Crippen molar-refractivity contribution in [2.24, 2.45) is 11.7 Å². The minimum atomic E-state index is -0.0268. The van der Waals surface area contributed by atoms with Crippen LogP contribution < -0.4 is 5.73 Å². The summed E-state index contributed by atoms with van der Waals surface area (Å²) in [7, 11) is 0. The van der Waals surface area contributed by atoms with Crippen LogP contribution >= 0.6 is 0 Å². The van der Waals surface area contributed by atoms with Crippen LogP contribution in [0.1, 0.15) is 22.3 Å². The third kappa shape index (κ3) is 2.00. The Morgan fingerprint density at radius 1 is 1.33 bits per heavy atom. The molecule has 2 N–H and O–H groups in total. The van der Waals surface area contributed by atoms with Crippen LogP contribution in [0.4, 0.5) is 0 Å². The zero-order valence-corrected chi connectivity index (χ0v) is 8.81. The number of carbonyl (C=O) groups is 1. The third-order valence-corrected chi connectivity index (χ3v) is 2.86. The summed E-state index contributed by atoms with van der Waals surface area (Å²) in [6.07, 6.45) is 4.59. The molecule has 2 atom stereocenters. The van der Waals surface area contributed by atoms with Crippen molar-refractivity contribution in [3.05, 3.63) is 47.5 Å². The molecule has 0 fully saturated rings. The molecule has 1 aliphatic rings. The van der Waals surface area contributed by atoms with E-state index in [-0.39, 0.29) is 17.7 Å². The van der Waals surface area contributed by atoms with Crippen LogP contribution in [0.25, 0.3) is 0 Å². The number of nitrogens with two attached hydrogens (primary N) is 1. The van der Waals surface area contributed by atoms with E-state index in [9.17, 15) is 4.79 Å². The molecule has 2 rings (SSSR count). The van der Waals surface area contributed by atoms with Gasteiger partial charge in [0, 0.05) is 17.5 Å². The molecular formula is C13H15NO. The maximum Gasteiger partial charge on any atom is 0.170 e. The molecular weight excluding hydrogens is 186 g/mol. The van der Waals surface area contributed by atoms with Crippen molar-refractivity contribution in [1.29, 1.82) is 0 Å². The van der Waals surface area contributed by atoms with Gasteiger partial charge in [-0.15, -0.1) is 0 Å². The molecule has 1 aromatic carbocycles. The van der Waals surface area contributed by atoms with Crippen LogP contribution in [0.15, 0.2) is 36.4 Å². The number of Topliss-reactive ketones (excluding diaryl/α,β-unsaturated/α-hetero) is 1. The molecule has 2 heteroatoms. The Bertz CT molecular complexity index is 409. The molecule has 0 aliphatic heterocycles. The number of benzene rings is 1. The lowest BCUT2D eigenvalue weighted by atomic mass is 9.94. The Labute approximate surface area is 89.8 Å². The highest BCUT2D eigenvalue weighted by molar-refractivity contribution is 6.00. The average Bonchev–Trinajstić information content (AvgIpc) is 2.65. The predicted molar refractivity (Wildman–Crippen MR) is 60.7 cm³/mol. The van der Waals surface area contributed by atoms with E-state index in [1.54, 1.807) is 0 Å². The lowest BCUT2D eigenvalue weighted by Crippen LogP contribution is -2.19. The van der Waals surface area contributed by atoms with E-state index >= 15 is 0 Å². The van der Waals surface area contributed by atoms with Gasteiger partial charge in [-0.05, 0) is 18.9 Å². The van der Waals surface area contributed by atoms with Gasteiger partial charge in [0.2, 0.25) is 0 Å². The van der Waals surface area contributed by atoms with E-state index < -0.39 is 0 Å². The van der Waals surface area contributed by atoms with Crippen LogP contribution in [0, 0.1) is 12.8 Å². The van der Waals surface area contributed by atoms with Crippen LogP contribution in [0.2, 0.25) is 0 Å². The first-order valence-corrected chi connectivity index (χ1v) is 5.22. The highest BCUT2D eigenvalue weighted by Crippen LogP contribution is 2.22. The maximum atomic E-state index is 12.1. The monoisotopic (exact) mass is 201 g/mol. The van der Waals surface area contributed by atoms with Gasteiger partial charge in [0.15, 0.2) is 5.78 Å². The molecule has 0 saturated carbocycles. The van der Waals surface area contributed by atoms with Crippen molar-refractivity contribution in [3.8, 4) is 0 Å². The second-order valence-corrected chi connectivity index (χ2v) is 4.07. The Kier molecular flexibility index (Phi) is 2.69. The predicted octanol–water partition coefficient (Wildman–Crippen LogP) is 2.08. The molecule has 0 saturated heterocycles. The number of carbonyl (C=O) groups excluding carboxylic acids is 1. The topological polar surface area (TPSA) is 43.1 Å². The first-order chi connectivity index (χ1) is 7.18. The number of hydrogen-bond acceptors (Lipinski definition) is 2. The molecule has 15 heavy (non-hydrogen) atoms. The van der Waals surface area contributed by atoms with E-state index in [1.165, 1.54) is 0 Å². The molecule has 1 aliphatic carbocycles. The second-order valence-electron chi connectivity index (χ2n) is 4.07. The van der Waals surface area contributed by atoms with Gasteiger partial charge in [-0.25, -0.2) is 0 Å². The fraction of sp³-hybridized carbons (Fsp3) is 0.308. The first-order valence-electron chi connectivity index (χ1n) is 5.22. The lowest BCUT2D eigenvalue weighted by molar-refractivity contribution is 0.0942. The summed E-state index contributed by atoms with van der Waals surface area (Å²) in [5.74, 6) is 0.165. The highest BCUT2D eigenvalue weighted by atomic mass is 16.1. The van der Waals surface area contributed by atoms with Gasteiger partial charge in [0.1, 0.15) is 0 Å². The van der Waals surface area contributed by atoms with Crippen molar-refractivity contribution >= 4 is 5.78 Å². The third-order valence-electron chi connectivity index (χ3n) is 2.86. The van der Waals surface area contributed by atoms with E-state index in [2.05, 4.69) is 0 Å². The summed E-state index contributed by atoms with van der Waals surface area (Å²) < 4.78 is 0. The zero-order chi connectivity index (χ0) is 10.8. The van der Waals surface area contributed by atoms with Gasteiger partial charge in [0.05, 0.1) is 0 Å². The van der Waals surface area contributed by atoms with Gasteiger partial charge in [0.25, 0.3) is 0 Å². The molecule has 0 heterocycles. The van der Waals surface area contributed by atoms with Crippen molar-refractivity contribution in [1.82, 2.24) is 0 Å². The minimum absolute atomic E-state index is 0.0268. The van der Waals surface area contributed by atoms with Crippen molar-refractivity contribution in [3.63, 3.8) is 0 Å². The van der Waals surface area contributed by atoms with Crippen LogP contribution in [-0.2, 0) is 0 Å². The van der Waals surface area contributed by atoms with Crippen molar-refractivity contribution in [2.45, 2.75) is 19.4 Å². The number of rotatable bonds is 2. The first kappa shape index (κ1) is 10.1. The summed E-state index contributed by atoms with van der Waals surface area (Å²) in [5, 5.41) is 0. The lowest BCUT2D eigenvalue weighted by Gasteiger charge is -2.10. The number of allylic oxidation sites excluding steroid dienone is 1. The quantitative estimate of drug-likeness (QED) is 0.588. The van der Waals surface area contributed by atoms with Crippen molar-refractivity contribution in [2.75, 3.05) is 0 Å². The Balaban J connectivity index is 2.22. The van der Waals surface area contributed by atoms with E-state index in [1.807, 2.05) is 43.3 Å². The molecule has 0 bridgehead atoms. The fourth-order valence-electron chi connectivity index (χ4n) is 1.97. The van der Waals surface area contributed by atoms with Gasteiger partial charge in [-0.2, -0.15) is 0 Å². The second kappa shape index (κ2) is 3.99. The molecule has 2 nitrogen and oxygen atoms in total. The van der Waals surface area contributed by atoms with E-state index in [4.69, 9.17) is 5.73 Å². The van der Waals surface area contributed by atoms with Gasteiger partial charge in [-0.3, -0.25) is 4.79 Å². The molecule has 0 spiro atoms. The molecule has 0 amide bonds. The average molecular weight is 201 g/mol. The van der Waals surface area contributed by atoms with E-state index in [0.29, 0.717) is 0 Å². The van der Waals surface area contributed by atoms with Gasteiger partial charge >= 0.3 is 0 Å². The fourth-order valence-corrected chi connectivity index (χ4v) is 1.97. The smallest absolute Gasteiger partial charge is 0.170 e. The molecule has 0 aromatic heterocycles. The SMILES string of the molecule is Cc1ccccc1C(=O)C1C=CC(N)C1. The standard InChI is InChI=1S/C13H15NO/c1-9-4-2-3-5-12(9)13(15)10-6-7-11(14)8-10/h2-7,10-11H,8,14H2,1H3. The Morgan fingerprint density at radius 3 is 2.67 bits per heavy atom. The molecule has 0 radical (unpaired) electrons. The zero-order valence-electron chi connectivity index (χ0n) is 8.81. The van der Waals surface area contributed by atoms with Crippen LogP contribution in [0.3, 0.4) is 0 Å². The highest BCUT2D eigenvalue weighted by Gasteiger charge is 2.24. The summed E-state index contributed by atoms with van der Waals surface area (Å²) in [4.78, 5) is 12.1. The minimum Gasteiger partial charge on any atom is -0.324 e. The maximum absolute atomic E-state index is 12.1. The van der Waals surface area contributed by atoms with Crippen molar-refractivity contribution < 1.29 is 4.79 Å². The summed E-state index contributed by atoms with van der Waals surface area (Å²) >= 11 is 0. The van der Waals surface area contributed by atoms with Gasteiger partial charge < -0.3 is 5.73 Å². The Morgan fingerprint density at radius 2 is 2.07 bits per heavy atom. The number of ketones is 1. The summed E-state index contributed by atoms with van der Waals surface area (Å²) in [5.41, 5.74) is 7.60. The number of hydrogen-bond donors (Lipinski definition) is 1. The summed E-state index contributed by atoms with van der Waals surface area (Å²) in [6.45, 7) is 1.96. The normalized spacial score (nSPS) is 24.4.